The number of hydrogen-bond donors (Lipinski definition) is 5. The number of aliphatic hydroxyl groups is 1. The molecular weight excluding hydrogens is 934 g/mol. The average Bonchev–Trinajstić information content (AvgIpc) is 4.18. The van der Waals surface area contributed by atoms with Gasteiger partial charge in [-0.1, -0.05) is 88.4 Å². The highest BCUT2D eigenvalue weighted by Crippen LogP contribution is 2.38. The van der Waals surface area contributed by atoms with E-state index in [0.29, 0.717) is 30.2 Å². The number of benzene rings is 3. The van der Waals surface area contributed by atoms with Crippen LogP contribution in [0.25, 0.3) is 33.6 Å². The van der Waals surface area contributed by atoms with Crippen LogP contribution in [0.5, 0.6) is 0 Å². The number of aromatic amines is 2. The summed E-state index contributed by atoms with van der Waals surface area (Å²) in [5.41, 5.74) is 5.15. The molecule has 5 heterocycles. The number of rotatable bonds is 13. The molecule has 0 aliphatic carbocycles. The van der Waals surface area contributed by atoms with Crippen LogP contribution in [0.2, 0.25) is 0 Å². The fourth-order valence-electron chi connectivity index (χ4n) is 9.86. The molecule has 0 bridgehead atoms. The van der Waals surface area contributed by atoms with E-state index in [-0.39, 0.29) is 49.2 Å². The lowest BCUT2D eigenvalue weighted by Crippen LogP contribution is -2.55. The molecule has 73 heavy (non-hydrogen) atoms. The number of aromatic nitrogens is 4. The van der Waals surface area contributed by atoms with Crippen LogP contribution in [0.15, 0.2) is 79.1 Å². The molecule has 2 aromatic heterocycles. The molecular formula is C55H70FN9O8. The Kier molecular flexibility index (Phi) is 15.4. The lowest BCUT2D eigenvalue weighted by Gasteiger charge is -2.36. The molecule has 2 unspecified atom stereocenters. The zero-order chi connectivity index (χ0) is 52.5. The Balaban J connectivity index is 0.945. The summed E-state index contributed by atoms with van der Waals surface area (Å²) in [7, 11) is 0. The first-order chi connectivity index (χ1) is 34.5. The second-order valence-electron chi connectivity index (χ2n) is 22.1. The maximum absolute atomic E-state index is 14.6. The Morgan fingerprint density at radius 2 is 1.29 bits per heavy atom. The first-order valence-electron chi connectivity index (χ1n) is 25.3. The summed E-state index contributed by atoms with van der Waals surface area (Å²) in [6, 6.07) is 18.8. The number of imidazole rings is 2. The third kappa shape index (κ3) is 12.4. The number of fused-ring (bicyclic) bond motifs is 1. The first-order valence-corrected chi connectivity index (χ1v) is 25.3. The van der Waals surface area contributed by atoms with Gasteiger partial charge < -0.3 is 44.8 Å². The van der Waals surface area contributed by atoms with Crippen LogP contribution in [0.3, 0.4) is 0 Å². The number of nitrogens with zero attached hydrogens (tertiary/aromatic N) is 5. The molecule has 0 spiro atoms. The summed E-state index contributed by atoms with van der Waals surface area (Å²) in [4.78, 5) is 74.6. The molecule has 5 aromatic rings. The highest BCUT2D eigenvalue weighted by Gasteiger charge is 2.45. The predicted octanol–water partition coefficient (Wildman–Crippen LogP) is 9.62. The minimum Gasteiger partial charge on any atom is -0.445 e. The van der Waals surface area contributed by atoms with Gasteiger partial charge in [-0.05, 0) is 100 Å². The van der Waals surface area contributed by atoms with Crippen molar-refractivity contribution in [3.8, 4) is 33.6 Å². The van der Waals surface area contributed by atoms with Crippen molar-refractivity contribution in [1.82, 2.24) is 45.3 Å². The third-order valence-corrected chi connectivity index (χ3v) is 13.5. The number of alkyl carbamates (subject to hydrolysis) is 2. The molecule has 390 valence electrons. The number of H-pyrrole nitrogens is 2. The molecule has 0 radical (unpaired) electrons. The van der Waals surface area contributed by atoms with Crippen LogP contribution in [0.1, 0.15) is 123 Å². The van der Waals surface area contributed by atoms with Crippen molar-refractivity contribution in [3.63, 3.8) is 0 Å². The number of carbonyl (C=O) groups is 4. The summed E-state index contributed by atoms with van der Waals surface area (Å²) >= 11 is 0. The van der Waals surface area contributed by atoms with Gasteiger partial charge in [0.2, 0.25) is 5.91 Å². The molecule has 4 amide bonds. The number of ether oxygens (including phenoxy) is 3. The molecule has 17 nitrogen and oxygen atoms in total. The zero-order valence-electron chi connectivity index (χ0n) is 43.5. The fraction of sp³-hybridized carbons (Fsp3) is 0.491. The summed E-state index contributed by atoms with van der Waals surface area (Å²) < 4.78 is 31.6. The van der Waals surface area contributed by atoms with Crippen molar-refractivity contribution >= 4 is 24.2 Å². The Bertz CT molecular complexity index is 2760. The van der Waals surface area contributed by atoms with Crippen molar-refractivity contribution in [3.05, 3.63) is 108 Å². The van der Waals surface area contributed by atoms with Crippen LogP contribution in [-0.4, -0.2) is 113 Å². The maximum Gasteiger partial charge on any atom is 0.410 e. The van der Waals surface area contributed by atoms with Gasteiger partial charge in [0.05, 0.1) is 48.5 Å². The number of amides is 4. The monoisotopic (exact) mass is 1000 g/mol. The molecule has 3 aromatic carbocycles. The van der Waals surface area contributed by atoms with Crippen LogP contribution < -0.4 is 10.6 Å². The van der Waals surface area contributed by atoms with E-state index in [1.807, 2.05) is 81.1 Å². The first kappa shape index (κ1) is 52.5. The minimum absolute atomic E-state index is 0.0980. The standard InChI is InChI=1S/C55H70FN9O8/c1-31(2)45(61-51(68)72-54(5,6)7)49(66)64-24-12-15-43(64)47-57-26-41(59-47)35-20-16-33(17-21-35)34-18-22-36(23-19-34)42-27-58-48(60-42)44-25-38(71-53(70)63-28-37-13-11-14-40(56)39(37)30-63)29-65(44)50(67)46(32(3)4)62-52(69)73-55(8,9)10/h11,13-14,16-23,26-27,31-32,38,43-46,50,67H,12,15,24-25,28-30H2,1-10H3,(H,57,59)(H,58,60)(H,61,68)(H,62,69)/t38-,43+,44?,45+,46+,50?/m1/s1. The van der Waals surface area contributed by atoms with Gasteiger partial charge in [-0.15, -0.1) is 0 Å². The van der Waals surface area contributed by atoms with E-state index >= 15 is 0 Å². The number of likely N-dealkylation sites (tertiary alicyclic amines) is 2. The number of carbonyl (C=O) groups excluding carboxylic acids is 4. The van der Waals surface area contributed by atoms with E-state index in [9.17, 15) is 28.7 Å². The van der Waals surface area contributed by atoms with Gasteiger partial charge in [0.15, 0.2) is 0 Å². The van der Waals surface area contributed by atoms with Crippen LogP contribution in [-0.2, 0) is 32.1 Å². The fourth-order valence-corrected chi connectivity index (χ4v) is 9.86. The summed E-state index contributed by atoms with van der Waals surface area (Å²) in [5.74, 6) is 0.355. The van der Waals surface area contributed by atoms with Gasteiger partial charge >= 0.3 is 18.3 Å². The van der Waals surface area contributed by atoms with Crippen LogP contribution in [0, 0.1) is 17.7 Å². The van der Waals surface area contributed by atoms with Crippen molar-refractivity contribution in [1.29, 1.82) is 0 Å². The highest BCUT2D eigenvalue weighted by molar-refractivity contribution is 5.86. The Hall–Kier alpha value is -6.79. The topological polar surface area (TPSA) is 207 Å². The zero-order valence-corrected chi connectivity index (χ0v) is 43.5. The second kappa shape index (κ2) is 21.4. The average molecular weight is 1000 g/mol. The molecule has 3 aliphatic rings. The van der Waals surface area contributed by atoms with Gasteiger partial charge in [0.25, 0.3) is 0 Å². The maximum atomic E-state index is 14.6. The molecule has 2 saturated heterocycles. The van der Waals surface area contributed by atoms with E-state index in [1.165, 1.54) is 11.0 Å². The lowest BCUT2D eigenvalue weighted by atomic mass is 10.0. The van der Waals surface area contributed by atoms with Crippen molar-refractivity contribution in [2.24, 2.45) is 11.8 Å². The summed E-state index contributed by atoms with van der Waals surface area (Å²) in [6.07, 6.45) is 1.65. The van der Waals surface area contributed by atoms with E-state index < -0.39 is 59.9 Å². The van der Waals surface area contributed by atoms with Gasteiger partial charge in [-0.3, -0.25) is 14.6 Å². The summed E-state index contributed by atoms with van der Waals surface area (Å²) in [6.45, 7) is 19.3. The normalized spacial score (nSPS) is 19.5. The van der Waals surface area contributed by atoms with Gasteiger partial charge in [-0.25, -0.2) is 28.7 Å². The Morgan fingerprint density at radius 3 is 1.82 bits per heavy atom. The minimum atomic E-state index is -1.21. The van der Waals surface area contributed by atoms with E-state index in [4.69, 9.17) is 24.2 Å². The van der Waals surface area contributed by atoms with Crippen molar-refractivity contribution in [2.45, 2.75) is 149 Å². The molecule has 5 N–H and O–H groups in total. The van der Waals surface area contributed by atoms with Gasteiger partial charge in [0, 0.05) is 31.6 Å². The Labute approximate surface area is 426 Å². The predicted molar refractivity (Wildman–Crippen MR) is 273 cm³/mol. The molecule has 0 saturated carbocycles. The molecule has 8 rings (SSSR count). The number of aliphatic hydroxyl groups excluding tert-OH is 1. The quantitative estimate of drug-likeness (QED) is 0.0702. The second-order valence-corrected chi connectivity index (χ2v) is 22.1. The number of hydrogen-bond acceptors (Lipinski definition) is 11. The smallest absolute Gasteiger partial charge is 0.410 e. The third-order valence-electron chi connectivity index (χ3n) is 13.5. The molecule has 3 aliphatic heterocycles. The molecule has 18 heteroatoms. The highest BCUT2D eigenvalue weighted by atomic mass is 19.1. The number of halogens is 1. The van der Waals surface area contributed by atoms with Gasteiger partial charge in [0.1, 0.15) is 47.0 Å². The van der Waals surface area contributed by atoms with Crippen LogP contribution in [0.4, 0.5) is 18.8 Å². The van der Waals surface area contributed by atoms with E-state index in [2.05, 4.69) is 20.6 Å². The van der Waals surface area contributed by atoms with Crippen molar-refractivity contribution in [2.75, 3.05) is 13.1 Å². The van der Waals surface area contributed by atoms with Crippen molar-refractivity contribution < 1.29 is 42.9 Å². The lowest BCUT2D eigenvalue weighted by molar-refractivity contribution is -0.135. The number of nitrogens with one attached hydrogen (secondary N) is 4. The van der Waals surface area contributed by atoms with Crippen LogP contribution >= 0.6 is 0 Å². The van der Waals surface area contributed by atoms with E-state index in [1.54, 1.807) is 71.0 Å². The largest absolute Gasteiger partial charge is 0.445 e. The summed E-state index contributed by atoms with van der Waals surface area (Å²) in [5, 5.41) is 17.7. The van der Waals surface area contributed by atoms with Gasteiger partial charge in [-0.2, -0.15) is 0 Å². The molecule has 2 fully saturated rings. The Morgan fingerprint density at radius 1 is 0.740 bits per heavy atom. The SMILES string of the molecule is CC(C)[C@H](NC(=O)OC(C)(C)C)C(O)N1C[C@H](OC(=O)N2Cc3cccc(F)c3C2)CC1c1ncc(-c2ccc(-c3ccc(-c4cnc([C@@H]5CCCN5C(=O)[C@@H](NC(=O)OC(C)(C)C)C(C)C)[nH]4)cc3)cc2)[nH]1. The molecule has 6 atom stereocenters. The van der Waals surface area contributed by atoms with E-state index in [0.717, 1.165) is 52.0 Å².